The number of phenolic OH excluding ortho intramolecular Hbond substituents is 1. The van der Waals surface area contributed by atoms with E-state index >= 15 is 0 Å². The van der Waals surface area contributed by atoms with Crippen molar-refractivity contribution in [3.63, 3.8) is 0 Å². The highest BCUT2D eigenvalue weighted by Crippen LogP contribution is 2.25. The van der Waals surface area contributed by atoms with E-state index in [1.807, 2.05) is 73.7 Å². The minimum absolute atomic E-state index is 0.0817. The van der Waals surface area contributed by atoms with Crippen molar-refractivity contribution < 1.29 is 14.6 Å². The van der Waals surface area contributed by atoms with Crippen molar-refractivity contribution in [2.75, 3.05) is 0 Å². The van der Waals surface area contributed by atoms with Gasteiger partial charge in [0.15, 0.2) is 0 Å². The molecular weight excluding hydrogens is 436 g/mol. The van der Waals surface area contributed by atoms with Gasteiger partial charge in [-0.15, -0.1) is 0 Å². The minimum atomic E-state index is -0.470. The predicted octanol–water partition coefficient (Wildman–Crippen LogP) is 6.43. The number of carbonyl (C=O) groups is 1. The number of hydrogen-bond acceptors (Lipinski definition) is 4. The number of benzene rings is 5. The molecule has 0 fully saturated rings. The van der Waals surface area contributed by atoms with Gasteiger partial charge in [-0.25, -0.2) is 5.43 Å². The Morgan fingerprint density at radius 3 is 2.26 bits per heavy atom. The third kappa shape index (κ3) is 4.84. The molecule has 5 nitrogen and oxygen atoms in total. The zero-order valence-electron chi connectivity index (χ0n) is 19.2. The van der Waals surface area contributed by atoms with Crippen LogP contribution in [0.25, 0.3) is 21.5 Å². The van der Waals surface area contributed by atoms with Gasteiger partial charge in [0.1, 0.15) is 18.1 Å². The van der Waals surface area contributed by atoms with Gasteiger partial charge in [0.25, 0.3) is 5.91 Å². The molecule has 0 aliphatic heterocycles. The highest BCUT2D eigenvalue weighted by Gasteiger charge is 2.12. The van der Waals surface area contributed by atoms with Gasteiger partial charge in [-0.3, -0.25) is 4.79 Å². The van der Waals surface area contributed by atoms with E-state index in [2.05, 4.69) is 34.8 Å². The maximum Gasteiger partial charge on any atom is 0.275 e. The lowest BCUT2D eigenvalue weighted by atomic mass is 10.1. The number of hydrazone groups is 1. The van der Waals surface area contributed by atoms with E-state index in [9.17, 15) is 9.90 Å². The first-order chi connectivity index (χ1) is 17.1. The number of aromatic hydroxyl groups is 1. The largest absolute Gasteiger partial charge is 0.507 e. The molecule has 1 amide bonds. The van der Waals surface area contributed by atoms with Gasteiger partial charge in [0.05, 0.1) is 11.3 Å². The van der Waals surface area contributed by atoms with Crippen LogP contribution < -0.4 is 10.2 Å². The maximum atomic E-state index is 12.6. The van der Waals surface area contributed by atoms with Gasteiger partial charge < -0.3 is 9.84 Å². The van der Waals surface area contributed by atoms with Crippen LogP contribution in [0, 0.1) is 0 Å². The molecule has 0 spiro atoms. The van der Waals surface area contributed by atoms with E-state index in [0.717, 1.165) is 27.6 Å². The minimum Gasteiger partial charge on any atom is -0.507 e. The molecule has 0 saturated heterocycles. The van der Waals surface area contributed by atoms with Crippen LogP contribution in [-0.2, 0) is 6.61 Å². The van der Waals surface area contributed by atoms with Crippen molar-refractivity contribution in [3.05, 3.63) is 120 Å². The first-order valence-electron chi connectivity index (χ1n) is 11.3. The van der Waals surface area contributed by atoms with Crippen molar-refractivity contribution in [2.45, 2.75) is 13.5 Å². The molecule has 0 aromatic heterocycles. The van der Waals surface area contributed by atoms with Crippen LogP contribution >= 0.6 is 0 Å². The van der Waals surface area contributed by atoms with Crippen LogP contribution in [0.3, 0.4) is 0 Å². The van der Waals surface area contributed by atoms with Gasteiger partial charge in [-0.2, -0.15) is 5.10 Å². The van der Waals surface area contributed by atoms with E-state index in [1.54, 1.807) is 12.1 Å². The lowest BCUT2D eigenvalue weighted by Gasteiger charge is -2.10. The summed E-state index contributed by atoms with van der Waals surface area (Å²) in [5.74, 6) is 0.198. The van der Waals surface area contributed by atoms with E-state index in [0.29, 0.717) is 12.3 Å². The lowest BCUT2D eigenvalue weighted by molar-refractivity contribution is 0.0952. The summed E-state index contributed by atoms with van der Waals surface area (Å²) in [4.78, 5) is 12.6. The molecule has 35 heavy (non-hydrogen) atoms. The fraction of sp³-hybridized carbons (Fsp3) is 0.0667. The van der Waals surface area contributed by atoms with E-state index < -0.39 is 5.91 Å². The zero-order valence-corrected chi connectivity index (χ0v) is 19.2. The molecule has 0 atom stereocenters. The van der Waals surface area contributed by atoms with Gasteiger partial charge >= 0.3 is 0 Å². The van der Waals surface area contributed by atoms with Crippen LogP contribution in [0.2, 0.25) is 0 Å². The molecule has 0 aliphatic carbocycles. The van der Waals surface area contributed by atoms with Crippen LogP contribution in [-0.4, -0.2) is 16.7 Å². The Hall–Kier alpha value is -4.64. The fourth-order valence-corrected chi connectivity index (χ4v) is 4.04. The van der Waals surface area contributed by atoms with Gasteiger partial charge in [0, 0.05) is 0 Å². The number of carbonyl (C=O) groups excluding carboxylic acids is 1. The highest BCUT2D eigenvalue weighted by molar-refractivity contribution is 6.03. The van der Waals surface area contributed by atoms with Crippen LogP contribution in [0.1, 0.15) is 28.4 Å². The SMILES string of the molecule is C/C(=N\NC(=O)c1cc2ccccc2cc1O)c1ccc(OCc2cccc3ccccc23)cc1. The first-order valence-corrected chi connectivity index (χ1v) is 11.3. The Morgan fingerprint density at radius 1 is 0.829 bits per heavy atom. The molecule has 0 unspecified atom stereocenters. The molecule has 5 aromatic rings. The Balaban J connectivity index is 1.24. The number of amides is 1. The average Bonchev–Trinajstić information content (AvgIpc) is 2.90. The molecule has 172 valence electrons. The number of fused-ring (bicyclic) bond motifs is 2. The lowest BCUT2D eigenvalue weighted by Crippen LogP contribution is -2.19. The Kier molecular flexibility index (Phi) is 6.14. The predicted molar refractivity (Wildman–Crippen MR) is 140 cm³/mol. The quantitative estimate of drug-likeness (QED) is 0.227. The van der Waals surface area contributed by atoms with Crippen molar-refractivity contribution in [1.82, 2.24) is 5.43 Å². The summed E-state index contributed by atoms with van der Waals surface area (Å²) in [5.41, 5.74) is 5.34. The topological polar surface area (TPSA) is 70.9 Å². The van der Waals surface area contributed by atoms with Crippen molar-refractivity contribution in [3.8, 4) is 11.5 Å². The Labute approximate surface area is 203 Å². The molecule has 0 radical (unpaired) electrons. The second kappa shape index (κ2) is 9.69. The Morgan fingerprint density at radius 2 is 1.49 bits per heavy atom. The van der Waals surface area contributed by atoms with Crippen LogP contribution in [0.15, 0.2) is 108 Å². The summed E-state index contributed by atoms with van der Waals surface area (Å²) in [6, 6.07) is 32.8. The monoisotopic (exact) mass is 460 g/mol. The number of nitrogens with zero attached hydrogens (tertiary/aromatic N) is 1. The number of phenols is 1. The fourth-order valence-electron chi connectivity index (χ4n) is 4.04. The summed E-state index contributed by atoms with van der Waals surface area (Å²) in [7, 11) is 0. The molecular formula is C30H24N2O3. The highest BCUT2D eigenvalue weighted by atomic mass is 16.5. The third-order valence-electron chi connectivity index (χ3n) is 5.98. The average molecular weight is 461 g/mol. The van der Waals surface area contributed by atoms with Crippen molar-refractivity contribution in [1.29, 1.82) is 0 Å². The van der Waals surface area contributed by atoms with E-state index in [1.165, 1.54) is 10.8 Å². The number of hydrogen-bond donors (Lipinski definition) is 2. The molecule has 0 heterocycles. The summed E-state index contributed by atoms with van der Waals surface area (Å²) in [6.45, 7) is 2.28. The summed E-state index contributed by atoms with van der Waals surface area (Å²) in [5, 5.41) is 18.6. The molecule has 0 bridgehead atoms. The normalized spacial score (nSPS) is 11.5. The molecule has 5 heteroatoms. The van der Waals surface area contributed by atoms with Gasteiger partial charge in [-0.05, 0) is 76.0 Å². The number of ether oxygens (including phenoxy) is 1. The Bertz CT molecular complexity index is 1550. The van der Waals surface area contributed by atoms with Gasteiger partial charge in [0.2, 0.25) is 0 Å². The third-order valence-corrected chi connectivity index (χ3v) is 5.98. The number of rotatable bonds is 6. The molecule has 5 aromatic carbocycles. The van der Waals surface area contributed by atoms with Crippen molar-refractivity contribution in [2.24, 2.45) is 5.10 Å². The van der Waals surface area contributed by atoms with E-state index in [4.69, 9.17) is 4.74 Å². The first kappa shape index (κ1) is 22.2. The second-order valence-electron chi connectivity index (χ2n) is 8.31. The standard InChI is InChI=1S/C30H24N2O3/c1-20(31-32-30(34)28-17-23-8-2-3-9-24(23)18-29(28)33)21-13-15-26(16-14-21)35-19-25-11-6-10-22-7-4-5-12-27(22)25/h2-18,33H,19H2,1H3,(H,32,34)/b31-20+. The van der Waals surface area contributed by atoms with Crippen LogP contribution in [0.4, 0.5) is 0 Å². The summed E-state index contributed by atoms with van der Waals surface area (Å²) < 4.78 is 6.00. The maximum absolute atomic E-state index is 12.6. The molecule has 0 aliphatic rings. The summed E-state index contributed by atoms with van der Waals surface area (Å²) in [6.07, 6.45) is 0. The molecule has 2 N–H and O–H groups in total. The second-order valence-corrected chi connectivity index (χ2v) is 8.31. The van der Waals surface area contributed by atoms with Gasteiger partial charge in [-0.1, -0.05) is 66.7 Å². The molecule has 5 rings (SSSR count). The van der Waals surface area contributed by atoms with E-state index in [-0.39, 0.29) is 11.3 Å². The molecule has 0 saturated carbocycles. The van der Waals surface area contributed by atoms with Crippen LogP contribution in [0.5, 0.6) is 11.5 Å². The number of nitrogens with one attached hydrogen (secondary N) is 1. The summed E-state index contributed by atoms with van der Waals surface area (Å²) >= 11 is 0. The van der Waals surface area contributed by atoms with Crippen molar-refractivity contribution >= 4 is 33.2 Å². The smallest absolute Gasteiger partial charge is 0.275 e. The zero-order chi connectivity index (χ0) is 24.2.